The minimum absolute atomic E-state index is 0.00713. The predicted octanol–water partition coefficient (Wildman–Crippen LogP) is 5.29. The molecule has 39 heavy (non-hydrogen) atoms. The van der Waals surface area contributed by atoms with Gasteiger partial charge in [0.1, 0.15) is 46.7 Å². The topological polar surface area (TPSA) is 107 Å². The molecular weight excluding hydrogens is 504 g/mol. The van der Waals surface area contributed by atoms with E-state index in [9.17, 15) is 14.4 Å². The third kappa shape index (κ3) is 4.81. The zero-order valence-electron chi connectivity index (χ0n) is 23.1. The number of carbonyl (C=O) groups is 3. The van der Waals surface area contributed by atoms with Crippen molar-refractivity contribution in [1.82, 2.24) is 0 Å². The summed E-state index contributed by atoms with van der Waals surface area (Å²) in [5, 5.41) is 0. The van der Waals surface area contributed by atoms with E-state index in [4.69, 9.17) is 28.4 Å². The molecule has 1 fully saturated rings. The third-order valence-corrected chi connectivity index (χ3v) is 7.05. The largest absolute Gasteiger partial charge is 0.484 e. The summed E-state index contributed by atoms with van der Waals surface area (Å²) >= 11 is 0. The predicted molar refractivity (Wildman–Crippen MR) is 140 cm³/mol. The maximum atomic E-state index is 13.8. The van der Waals surface area contributed by atoms with Gasteiger partial charge in [-0.1, -0.05) is 12.1 Å². The zero-order chi connectivity index (χ0) is 28.3. The Kier molecular flexibility index (Phi) is 6.55. The fourth-order valence-electron chi connectivity index (χ4n) is 5.37. The lowest BCUT2D eigenvalue weighted by Gasteiger charge is -2.51. The minimum atomic E-state index is -0.685. The van der Waals surface area contributed by atoms with Crippen LogP contribution in [0.3, 0.4) is 0 Å². The zero-order valence-corrected chi connectivity index (χ0v) is 23.1. The Hall–Kier alpha value is -3.69. The summed E-state index contributed by atoms with van der Waals surface area (Å²) in [6.45, 7) is 10.3. The monoisotopic (exact) mass is 536 g/mol. The van der Waals surface area contributed by atoms with Gasteiger partial charge in [0.2, 0.25) is 0 Å². The van der Waals surface area contributed by atoms with Gasteiger partial charge in [0.15, 0.2) is 11.5 Å². The summed E-state index contributed by atoms with van der Waals surface area (Å²) in [5.41, 5.74) is 0.621. The van der Waals surface area contributed by atoms with Crippen molar-refractivity contribution in [3.63, 3.8) is 0 Å². The van der Waals surface area contributed by atoms with Gasteiger partial charge in [0, 0.05) is 21.0 Å². The van der Waals surface area contributed by atoms with Gasteiger partial charge in [-0.3, -0.25) is 14.4 Å². The van der Waals surface area contributed by atoms with Crippen molar-refractivity contribution in [2.75, 3.05) is 7.11 Å². The molecule has 5 rings (SSSR count). The van der Waals surface area contributed by atoms with Crippen LogP contribution in [0.4, 0.5) is 0 Å². The van der Waals surface area contributed by atoms with Gasteiger partial charge in [-0.05, 0) is 57.5 Å². The van der Waals surface area contributed by atoms with Gasteiger partial charge >= 0.3 is 11.9 Å². The SMILES string of the molecule is COC1[C@H](c2c3c(c(OC(C)=O)c4c2O[C@H](c2ccc(OC(C)=O)cc2)CC4=O)C=CC(C)(C)O3)OC1(C)C. The van der Waals surface area contributed by atoms with E-state index in [0.29, 0.717) is 28.2 Å². The highest BCUT2D eigenvalue weighted by Gasteiger charge is 2.54. The Morgan fingerprint density at radius 1 is 0.974 bits per heavy atom. The van der Waals surface area contributed by atoms with Crippen molar-refractivity contribution < 1.29 is 42.8 Å². The van der Waals surface area contributed by atoms with Crippen molar-refractivity contribution in [2.24, 2.45) is 0 Å². The second-order valence-electron chi connectivity index (χ2n) is 11.0. The lowest BCUT2D eigenvalue weighted by molar-refractivity contribution is -0.286. The normalized spacial score (nSPS) is 23.9. The Morgan fingerprint density at radius 2 is 1.64 bits per heavy atom. The first kappa shape index (κ1) is 26.9. The van der Waals surface area contributed by atoms with Crippen LogP contribution in [0.5, 0.6) is 23.0 Å². The smallest absolute Gasteiger partial charge is 0.308 e. The van der Waals surface area contributed by atoms with E-state index >= 15 is 0 Å². The number of rotatable bonds is 5. The summed E-state index contributed by atoms with van der Waals surface area (Å²) in [6.07, 6.45) is 2.05. The van der Waals surface area contributed by atoms with Gasteiger partial charge in [0.25, 0.3) is 0 Å². The second-order valence-corrected chi connectivity index (χ2v) is 11.0. The van der Waals surface area contributed by atoms with Gasteiger partial charge in [-0.2, -0.15) is 0 Å². The first-order valence-corrected chi connectivity index (χ1v) is 12.8. The number of hydrogen-bond acceptors (Lipinski definition) is 9. The number of hydrogen-bond donors (Lipinski definition) is 0. The van der Waals surface area contributed by atoms with Crippen molar-refractivity contribution in [3.05, 3.63) is 52.6 Å². The van der Waals surface area contributed by atoms with Crippen molar-refractivity contribution >= 4 is 23.8 Å². The van der Waals surface area contributed by atoms with Crippen LogP contribution in [-0.4, -0.2) is 42.1 Å². The number of esters is 2. The molecule has 0 aliphatic carbocycles. The Balaban J connectivity index is 1.69. The number of methoxy groups -OCH3 is 1. The molecular formula is C30H32O9. The summed E-state index contributed by atoms with van der Waals surface area (Å²) in [6, 6.07) is 6.78. The summed E-state index contributed by atoms with van der Waals surface area (Å²) in [7, 11) is 1.61. The molecule has 3 aliphatic heterocycles. The van der Waals surface area contributed by atoms with Crippen LogP contribution in [0.1, 0.15) is 87.2 Å². The van der Waals surface area contributed by atoms with Crippen LogP contribution in [-0.2, 0) is 19.1 Å². The van der Waals surface area contributed by atoms with E-state index in [1.165, 1.54) is 13.8 Å². The molecule has 9 heteroatoms. The molecule has 3 aliphatic rings. The molecule has 206 valence electrons. The number of ether oxygens (including phenoxy) is 6. The molecule has 0 N–H and O–H groups in total. The van der Waals surface area contributed by atoms with Crippen LogP contribution in [0.15, 0.2) is 30.3 Å². The van der Waals surface area contributed by atoms with Crippen LogP contribution in [0.25, 0.3) is 6.08 Å². The van der Waals surface area contributed by atoms with Gasteiger partial charge in [-0.25, -0.2) is 0 Å². The summed E-state index contributed by atoms with van der Waals surface area (Å²) < 4.78 is 35.9. The standard InChI is InChI=1S/C30H32O9/c1-15(31)35-18-10-8-17(9-11-18)21-14-20(33)22-24(36-16(2)32)19-12-13-29(3,4)38-25(19)23(26(22)37-21)27-28(34-7)30(5,6)39-27/h8-13,21,27-28H,14H2,1-7H3/t21-,27-,28?/m0/s1. The van der Waals surface area contributed by atoms with E-state index in [2.05, 4.69) is 0 Å². The van der Waals surface area contributed by atoms with Crippen molar-refractivity contribution in [1.29, 1.82) is 0 Å². The lowest BCUT2D eigenvalue weighted by atomic mass is 9.80. The van der Waals surface area contributed by atoms with Gasteiger partial charge < -0.3 is 28.4 Å². The van der Waals surface area contributed by atoms with E-state index < -0.39 is 35.3 Å². The summed E-state index contributed by atoms with van der Waals surface area (Å²) in [4.78, 5) is 37.3. The average Bonchev–Trinajstić information content (AvgIpc) is 2.82. The van der Waals surface area contributed by atoms with E-state index in [1.807, 2.05) is 33.8 Å². The second kappa shape index (κ2) is 9.50. The molecule has 0 bridgehead atoms. The molecule has 2 aromatic rings. The van der Waals surface area contributed by atoms with Crippen molar-refractivity contribution in [3.8, 4) is 23.0 Å². The molecule has 3 atom stereocenters. The highest BCUT2D eigenvalue weighted by molar-refractivity contribution is 6.06. The highest BCUT2D eigenvalue weighted by atomic mass is 16.6. The lowest BCUT2D eigenvalue weighted by Crippen LogP contribution is -2.56. The van der Waals surface area contributed by atoms with Crippen LogP contribution >= 0.6 is 0 Å². The molecule has 2 aromatic carbocycles. The van der Waals surface area contributed by atoms with Crippen LogP contribution in [0, 0.1) is 0 Å². The number of carbonyl (C=O) groups excluding carboxylic acids is 3. The fraction of sp³-hybridized carbons (Fsp3) is 0.433. The third-order valence-electron chi connectivity index (χ3n) is 7.05. The molecule has 0 saturated carbocycles. The quantitative estimate of drug-likeness (QED) is 0.372. The van der Waals surface area contributed by atoms with Crippen molar-refractivity contribution in [2.45, 2.75) is 77.5 Å². The molecule has 3 heterocycles. The molecule has 1 unspecified atom stereocenters. The number of Topliss-reactive ketones (excluding diaryl/α,β-unsaturated/α-hetero) is 1. The average molecular weight is 537 g/mol. The van der Waals surface area contributed by atoms with E-state index in [0.717, 1.165) is 0 Å². The summed E-state index contributed by atoms with van der Waals surface area (Å²) in [5.74, 6) is -0.113. The highest BCUT2D eigenvalue weighted by Crippen LogP contribution is 2.58. The number of fused-ring (bicyclic) bond motifs is 2. The Morgan fingerprint density at radius 3 is 2.23 bits per heavy atom. The fourth-order valence-corrected chi connectivity index (χ4v) is 5.37. The van der Waals surface area contributed by atoms with E-state index in [1.54, 1.807) is 37.5 Å². The Labute approximate surface area is 227 Å². The Bertz CT molecular complexity index is 1380. The molecule has 9 nitrogen and oxygen atoms in total. The molecule has 1 saturated heterocycles. The molecule has 0 aromatic heterocycles. The van der Waals surface area contributed by atoms with Crippen LogP contribution in [0.2, 0.25) is 0 Å². The first-order chi connectivity index (χ1) is 18.3. The first-order valence-electron chi connectivity index (χ1n) is 12.8. The maximum Gasteiger partial charge on any atom is 0.308 e. The van der Waals surface area contributed by atoms with Gasteiger partial charge in [0.05, 0.1) is 23.1 Å². The van der Waals surface area contributed by atoms with Gasteiger partial charge in [-0.15, -0.1) is 0 Å². The molecule has 0 spiro atoms. The minimum Gasteiger partial charge on any atom is -0.484 e. The maximum absolute atomic E-state index is 13.8. The molecule has 0 amide bonds. The number of benzene rings is 2. The van der Waals surface area contributed by atoms with Crippen LogP contribution < -0.4 is 18.9 Å². The molecule has 0 radical (unpaired) electrons. The van der Waals surface area contributed by atoms with E-state index in [-0.39, 0.29) is 35.4 Å². The number of ketones is 1.